The lowest BCUT2D eigenvalue weighted by atomic mass is 10.3. The number of imidazole rings is 1. The zero-order valence-corrected chi connectivity index (χ0v) is 11.9. The largest absolute Gasteiger partial charge is 0.341 e. The van der Waals surface area contributed by atoms with Crippen LogP contribution in [0.15, 0.2) is 35.7 Å². The molecule has 2 heterocycles. The fraction of sp³-hybridized carbons (Fsp3) is 0.200. The molecule has 0 amide bonds. The van der Waals surface area contributed by atoms with Gasteiger partial charge in [0.2, 0.25) is 0 Å². The predicted octanol–water partition coefficient (Wildman–Crippen LogP) is 3.35. The molecule has 0 saturated carbocycles. The number of nitrogens with one attached hydrogen (secondary N) is 2. The highest BCUT2D eigenvalue weighted by molar-refractivity contribution is 7.10. The molecule has 0 bridgehead atoms. The molecular formula is C15H14N4S. The monoisotopic (exact) mass is 282 g/mol. The summed E-state index contributed by atoms with van der Waals surface area (Å²) >= 11 is 1.60. The zero-order chi connectivity index (χ0) is 13.9. The molecule has 3 aromatic rings. The number of benzene rings is 1. The van der Waals surface area contributed by atoms with Gasteiger partial charge < -0.3 is 10.3 Å². The molecule has 1 unspecified atom stereocenters. The van der Waals surface area contributed by atoms with Gasteiger partial charge in [-0.3, -0.25) is 0 Å². The second-order valence-corrected chi connectivity index (χ2v) is 5.65. The number of aromatic nitrogens is 2. The molecule has 2 N–H and O–H groups in total. The van der Waals surface area contributed by atoms with E-state index in [2.05, 4.69) is 28.3 Å². The summed E-state index contributed by atoms with van der Waals surface area (Å²) in [6.45, 7) is 2.82. The smallest absolute Gasteiger partial charge is 0.124 e. The van der Waals surface area contributed by atoms with Crippen LogP contribution in [-0.2, 0) is 6.54 Å². The predicted molar refractivity (Wildman–Crippen MR) is 80.4 cm³/mol. The van der Waals surface area contributed by atoms with E-state index >= 15 is 0 Å². The van der Waals surface area contributed by atoms with Gasteiger partial charge in [-0.1, -0.05) is 12.1 Å². The van der Waals surface area contributed by atoms with E-state index < -0.39 is 0 Å². The number of hydrogen-bond acceptors (Lipinski definition) is 4. The van der Waals surface area contributed by atoms with Gasteiger partial charge in [0.05, 0.1) is 22.6 Å². The van der Waals surface area contributed by atoms with Crippen molar-refractivity contribution in [3.63, 3.8) is 0 Å². The lowest BCUT2D eigenvalue weighted by Crippen LogP contribution is -2.18. The third kappa shape index (κ3) is 2.57. The minimum atomic E-state index is 0.134. The van der Waals surface area contributed by atoms with Gasteiger partial charge in [0, 0.05) is 16.8 Å². The average Bonchev–Trinajstić information content (AvgIpc) is 3.10. The van der Waals surface area contributed by atoms with E-state index in [4.69, 9.17) is 5.26 Å². The number of nitrogens with zero attached hydrogens (tertiary/aromatic N) is 2. The van der Waals surface area contributed by atoms with Crippen molar-refractivity contribution in [2.45, 2.75) is 19.5 Å². The Morgan fingerprint density at radius 3 is 3.05 bits per heavy atom. The fourth-order valence-corrected chi connectivity index (χ4v) is 2.82. The number of rotatable bonds is 4. The van der Waals surface area contributed by atoms with E-state index in [1.165, 1.54) is 0 Å². The third-order valence-corrected chi connectivity index (χ3v) is 4.12. The Labute approximate surface area is 121 Å². The molecule has 4 nitrogen and oxygen atoms in total. The van der Waals surface area contributed by atoms with Crippen molar-refractivity contribution in [3.8, 4) is 6.07 Å². The summed E-state index contributed by atoms with van der Waals surface area (Å²) in [7, 11) is 0. The number of hydrogen-bond donors (Lipinski definition) is 2. The lowest BCUT2D eigenvalue weighted by molar-refractivity contribution is 0.556. The van der Waals surface area contributed by atoms with Crippen molar-refractivity contribution < 1.29 is 0 Å². The number of nitriles is 1. The maximum absolute atomic E-state index is 8.81. The van der Waals surface area contributed by atoms with Crippen LogP contribution in [0.3, 0.4) is 0 Å². The Hall–Kier alpha value is -2.16. The van der Waals surface area contributed by atoms with E-state index in [-0.39, 0.29) is 6.04 Å². The van der Waals surface area contributed by atoms with Crippen molar-refractivity contribution in [2.75, 3.05) is 0 Å². The Kier molecular flexibility index (Phi) is 3.50. The third-order valence-electron chi connectivity index (χ3n) is 3.18. The van der Waals surface area contributed by atoms with Crippen LogP contribution in [0, 0.1) is 11.3 Å². The highest BCUT2D eigenvalue weighted by atomic mass is 32.1. The first-order valence-corrected chi connectivity index (χ1v) is 7.30. The van der Waals surface area contributed by atoms with Crippen LogP contribution in [0.4, 0.5) is 0 Å². The van der Waals surface area contributed by atoms with Gasteiger partial charge >= 0.3 is 0 Å². The van der Waals surface area contributed by atoms with E-state index in [0.29, 0.717) is 0 Å². The average molecular weight is 282 g/mol. The lowest BCUT2D eigenvalue weighted by Gasteiger charge is -2.09. The number of aromatic amines is 1. The van der Waals surface area contributed by atoms with Crippen LogP contribution in [-0.4, -0.2) is 9.97 Å². The van der Waals surface area contributed by atoms with Crippen LogP contribution >= 0.6 is 11.3 Å². The van der Waals surface area contributed by atoms with Crippen LogP contribution < -0.4 is 5.32 Å². The molecule has 3 rings (SSSR count). The molecule has 2 aromatic heterocycles. The molecule has 0 fully saturated rings. The molecule has 1 atom stereocenters. The van der Waals surface area contributed by atoms with E-state index in [0.717, 1.165) is 33.8 Å². The summed E-state index contributed by atoms with van der Waals surface area (Å²) in [5.41, 5.74) is 2.77. The van der Waals surface area contributed by atoms with Crippen molar-refractivity contribution in [2.24, 2.45) is 0 Å². The summed E-state index contributed by atoms with van der Waals surface area (Å²) in [6.07, 6.45) is 0. The highest BCUT2D eigenvalue weighted by Crippen LogP contribution is 2.18. The Morgan fingerprint density at radius 1 is 1.45 bits per heavy atom. The number of thiophene rings is 1. The molecule has 100 valence electrons. The Bertz CT molecular complexity index is 732. The van der Waals surface area contributed by atoms with E-state index in [9.17, 15) is 0 Å². The quantitative estimate of drug-likeness (QED) is 0.771. The zero-order valence-electron chi connectivity index (χ0n) is 11.1. The second-order valence-electron chi connectivity index (χ2n) is 4.66. The van der Waals surface area contributed by atoms with Crippen LogP contribution in [0.1, 0.15) is 29.2 Å². The maximum atomic E-state index is 8.81. The van der Waals surface area contributed by atoms with Gasteiger partial charge in [0.15, 0.2) is 0 Å². The normalized spacial score (nSPS) is 12.4. The topological polar surface area (TPSA) is 64.5 Å². The van der Waals surface area contributed by atoms with Crippen molar-refractivity contribution >= 4 is 22.4 Å². The number of para-hydroxylation sites is 2. The van der Waals surface area contributed by atoms with Crippen LogP contribution in [0.25, 0.3) is 11.0 Å². The van der Waals surface area contributed by atoms with Crippen LogP contribution in [0.5, 0.6) is 0 Å². The van der Waals surface area contributed by atoms with Crippen molar-refractivity contribution in [3.05, 3.63) is 52.0 Å². The first-order chi connectivity index (χ1) is 9.76. The number of H-pyrrole nitrogens is 1. The molecule has 1 aromatic carbocycles. The minimum Gasteiger partial charge on any atom is -0.341 e. The van der Waals surface area contributed by atoms with Gasteiger partial charge in [-0.25, -0.2) is 4.98 Å². The molecule has 0 aliphatic heterocycles. The summed E-state index contributed by atoms with van der Waals surface area (Å²) in [4.78, 5) is 9.06. The first-order valence-electron chi connectivity index (χ1n) is 6.42. The van der Waals surface area contributed by atoms with Gasteiger partial charge in [-0.05, 0) is 25.1 Å². The maximum Gasteiger partial charge on any atom is 0.124 e. The Morgan fingerprint density at radius 2 is 2.30 bits per heavy atom. The van der Waals surface area contributed by atoms with E-state index in [1.54, 1.807) is 11.3 Å². The SMILES string of the molecule is CC(NCc1cc(C#N)cs1)c1nc2ccccc2[nH]1. The van der Waals surface area contributed by atoms with Crippen LogP contribution in [0.2, 0.25) is 0 Å². The molecule has 0 aliphatic carbocycles. The summed E-state index contributed by atoms with van der Waals surface area (Å²) in [5.74, 6) is 0.934. The standard InChI is InChI=1S/C15H14N4S/c1-10(17-8-12-6-11(7-16)9-20-12)15-18-13-4-2-3-5-14(13)19-15/h2-6,9-10,17H,8H2,1H3,(H,18,19). The molecular weight excluding hydrogens is 268 g/mol. The van der Waals surface area contributed by atoms with Gasteiger partial charge in [-0.2, -0.15) is 5.26 Å². The molecule has 0 saturated heterocycles. The van der Waals surface area contributed by atoms with Gasteiger partial charge in [0.25, 0.3) is 0 Å². The summed E-state index contributed by atoms with van der Waals surface area (Å²) < 4.78 is 0. The molecule has 0 aliphatic rings. The number of fused-ring (bicyclic) bond motifs is 1. The summed E-state index contributed by atoms with van der Waals surface area (Å²) in [6, 6.07) is 12.2. The second kappa shape index (κ2) is 5.45. The fourth-order valence-electron chi connectivity index (χ4n) is 2.06. The molecule has 20 heavy (non-hydrogen) atoms. The van der Waals surface area contributed by atoms with Gasteiger partial charge in [0.1, 0.15) is 11.9 Å². The Balaban J connectivity index is 1.69. The van der Waals surface area contributed by atoms with Crippen molar-refractivity contribution in [1.29, 1.82) is 5.26 Å². The highest BCUT2D eigenvalue weighted by Gasteiger charge is 2.10. The van der Waals surface area contributed by atoms with E-state index in [1.807, 2.05) is 35.7 Å². The molecule has 5 heteroatoms. The van der Waals surface area contributed by atoms with Gasteiger partial charge in [-0.15, -0.1) is 11.3 Å². The molecule has 0 radical (unpaired) electrons. The summed E-state index contributed by atoms with van der Waals surface area (Å²) in [5, 5.41) is 14.1. The minimum absolute atomic E-state index is 0.134. The molecule has 0 spiro atoms. The van der Waals surface area contributed by atoms with Crippen molar-refractivity contribution in [1.82, 2.24) is 15.3 Å². The first kappa shape index (κ1) is 12.9.